The summed E-state index contributed by atoms with van der Waals surface area (Å²) in [5.41, 5.74) is 2.14. The Balaban J connectivity index is 2.10. The van der Waals surface area contributed by atoms with Crippen LogP contribution in [0.25, 0.3) is 10.8 Å². The van der Waals surface area contributed by atoms with E-state index in [-0.39, 0.29) is 0 Å². The molecule has 0 aliphatic carbocycles. The van der Waals surface area contributed by atoms with Crippen molar-refractivity contribution < 1.29 is 9.47 Å². The molecule has 1 heterocycles. The Morgan fingerprint density at radius 2 is 1.80 bits per heavy atom. The first kappa shape index (κ1) is 16.9. The molecule has 0 aliphatic rings. The normalized spacial score (nSPS) is 10.6. The van der Waals surface area contributed by atoms with Gasteiger partial charge < -0.3 is 19.7 Å². The van der Waals surface area contributed by atoms with Gasteiger partial charge in [0.25, 0.3) is 0 Å². The molecule has 0 aliphatic heterocycles. The number of nitrogens with zero attached hydrogens (tertiary/aromatic N) is 2. The lowest BCUT2D eigenvalue weighted by Gasteiger charge is -2.19. The van der Waals surface area contributed by atoms with Crippen molar-refractivity contribution in [2.24, 2.45) is 0 Å². The molecule has 130 valence electrons. The van der Waals surface area contributed by atoms with Crippen LogP contribution in [0, 0.1) is 0 Å². The van der Waals surface area contributed by atoms with E-state index in [1.807, 2.05) is 55.5 Å². The second-order valence-electron chi connectivity index (χ2n) is 5.98. The number of pyridine rings is 1. The Bertz CT molecular complexity index is 864. The SMILES string of the molecule is COc1cc(OC)c2c(NCc3ccccc3)cnc(N(C)C)c2c1. The summed E-state index contributed by atoms with van der Waals surface area (Å²) in [6.45, 7) is 0.716. The van der Waals surface area contributed by atoms with Crippen LogP contribution in [0.15, 0.2) is 48.7 Å². The summed E-state index contributed by atoms with van der Waals surface area (Å²) in [4.78, 5) is 6.61. The molecule has 5 nitrogen and oxygen atoms in total. The average molecular weight is 337 g/mol. The van der Waals surface area contributed by atoms with Crippen LogP contribution in [0.5, 0.6) is 11.5 Å². The number of nitrogens with one attached hydrogen (secondary N) is 1. The third-order valence-corrected chi connectivity index (χ3v) is 4.11. The predicted octanol–water partition coefficient (Wildman–Crippen LogP) is 3.93. The zero-order valence-electron chi connectivity index (χ0n) is 15.0. The third kappa shape index (κ3) is 3.45. The zero-order valence-corrected chi connectivity index (χ0v) is 15.0. The number of ether oxygens (including phenoxy) is 2. The Hall–Kier alpha value is -2.95. The second-order valence-corrected chi connectivity index (χ2v) is 5.98. The number of hydrogen-bond donors (Lipinski definition) is 1. The van der Waals surface area contributed by atoms with Crippen LogP contribution in [0.3, 0.4) is 0 Å². The van der Waals surface area contributed by atoms with Crippen molar-refractivity contribution in [2.75, 3.05) is 38.5 Å². The van der Waals surface area contributed by atoms with E-state index in [0.29, 0.717) is 6.54 Å². The van der Waals surface area contributed by atoms with Gasteiger partial charge in [-0.15, -0.1) is 0 Å². The van der Waals surface area contributed by atoms with Crippen molar-refractivity contribution in [1.82, 2.24) is 4.98 Å². The highest BCUT2D eigenvalue weighted by atomic mass is 16.5. The van der Waals surface area contributed by atoms with Gasteiger partial charge in [0.1, 0.15) is 17.3 Å². The lowest BCUT2D eigenvalue weighted by atomic mass is 10.1. The van der Waals surface area contributed by atoms with Gasteiger partial charge in [0.2, 0.25) is 0 Å². The monoisotopic (exact) mass is 337 g/mol. The van der Waals surface area contributed by atoms with E-state index in [9.17, 15) is 0 Å². The standard InChI is InChI=1S/C20H23N3O2/c1-23(2)20-16-10-15(24-3)11-18(25-4)19(16)17(13-22-20)21-12-14-8-6-5-7-9-14/h5-11,13,21H,12H2,1-4H3. The summed E-state index contributed by atoms with van der Waals surface area (Å²) in [5, 5.41) is 5.46. The molecule has 0 bridgehead atoms. The van der Waals surface area contributed by atoms with E-state index >= 15 is 0 Å². The van der Waals surface area contributed by atoms with Crippen molar-refractivity contribution in [3.8, 4) is 11.5 Å². The highest BCUT2D eigenvalue weighted by Crippen LogP contribution is 2.39. The topological polar surface area (TPSA) is 46.6 Å². The Kier molecular flexibility index (Phi) is 4.93. The van der Waals surface area contributed by atoms with E-state index in [4.69, 9.17) is 9.47 Å². The van der Waals surface area contributed by atoms with Crippen LogP contribution < -0.4 is 19.7 Å². The van der Waals surface area contributed by atoms with Gasteiger partial charge in [-0.05, 0) is 11.6 Å². The molecular weight excluding hydrogens is 314 g/mol. The van der Waals surface area contributed by atoms with Crippen molar-refractivity contribution >= 4 is 22.3 Å². The quantitative estimate of drug-likeness (QED) is 0.738. The maximum Gasteiger partial charge on any atom is 0.136 e. The average Bonchev–Trinajstić information content (AvgIpc) is 2.65. The second kappa shape index (κ2) is 7.30. The first-order valence-electron chi connectivity index (χ1n) is 8.14. The highest BCUT2D eigenvalue weighted by Gasteiger charge is 2.15. The Labute approximate surface area is 148 Å². The van der Waals surface area contributed by atoms with Crippen molar-refractivity contribution in [3.05, 3.63) is 54.2 Å². The largest absolute Gasteiger partial charge is 0.497 e. The van der Waals surface area contributed by atoms with E-state index in [0.717, 1.165) is 33.8 Å². The molecule has 0 amide bonds. The zero-order chi connectivity index (χ0) is 17.8. The molecule has 0 unspecified atom stereocenters. The number of methoxy groups -OCH3 is 2. The smallest absolute Gasteiger partial charge is 0.136 e. The van der Waals surface area contributed by atoms with Gasteiger partial charge in [0, 0.05) is 32.1 Å². The molecule has 0 atom stereocenters. The fourth-order valence-corrected chi connectivity index (χ4v) is 2.87. The lowest BCUT2D eigenvalue weighted by molar-refractivity contribution is 0.398. The molecule has 3 aromatic rings. The molecule has 0 radical (unpaired) electrons. The first-order valence-corrected chi connectivity index (χ1v) is 8.14. The Morgan fingerprint density at radius 3 is 2.44 bits per heavy atom. The van der Waals surface area contributed by atoms with E-state index in [1.165, 1.54) is 5.56 Å². The lowest BCUT2D eigenvalue weighted by Crippen LogP contribution is -2.12. The summed E-state index contributed by atoms with van der Waals surface area (Å²) in [5.74, 6) is 2.38. The first-order chi connectivity index (χ1) is 12.1. The van der Waals surface area contributed by atoms with Gasteiger partial charge in [-0.2, -0.15) is 0 Å². The molecule has 0 saturated carbocycles. The van der Waals surface area contributed by atoms with Crippen LogP contribution in [0.1, 0.15) is 5.56 Å². The van der Waals surface area contributed by atoms with Gasteiger partial charge in [-0.3, -0.25) is 0 Å². The molecular formula is C20H23N3O2. The highest BCUT2D eigenvalue weighted by molar-refractivity contribution is 6.04. The molecule has 5 heteroatoms. The Morgan fingerprint density at radius 1 is 1.04 bits per heavy atom. The molecule has 0 spiro atoms. The van der Waals surface area contributed by atoms with E-state index in [1.54, 1.807) is 14.2 Å². The van der Waals surface area contributed by atoms with Crippen molar-refractivity contribution in [3.63, 3.8) is 0 Å². The number of hydrogen-bond acceptors (Lipinski definition) is 5. The molecule has 25 heavy (non-hydrogen) atoms. The summed E-state index contributed by atoms with van der Waals surface area (Å²) < 4.78 is 11.1. The molecule has 1 aromatic heterocycles. The maximum atomic E-state index is 5.63. The van der Waals surface area contributed by atoms with E-state index in [2.05, 4.69) is 22.4 Å². The fraction of sp³-hybridized carbons (Fsp3) is 0.250. The van der Waals surface area contributed by atoms with E-state index < -0.39 is 0 Å². The number of aromatic nitrogens is 1. The van der Waals surface area contributed by atoms with Crippen LogP contribution in [-0.4, -0.2) is 33.3 Å². The van der Waals surface area contributed by atoms with Crippen molar-refractivity contribution in [2.45, 2.75) is 6.54 Å². The van der Waals surface area contributed by atoms with Gasteiger partial charge in [0.05, 0.1) is 31.5 Å². The molecule has 0 fully saturated rings. The van der Waals surface area contributed by atoms with Crippen LogP contribution in [0.2, 0.25) is 0 Å². The van der Waals surface area contributed by atoms with Gasteiger partial charge in [0.15, 0.2) is 0 Å². The number of rotatable bonds is 6. The summed E-state index contributed by atoms with van der Waals surface area (Å²) in [6.07, 6.45) is 1.86. The fourth-order valence-electron chi connectivity index (χ4n) is 2.87. The molecule has 2 aromatic carbocycles. The van der Waals surface area contributed by atoms with Gasteiger partial charge >= 0.3 is 0 Å². The predicted molar refractivity (Wildman–Crippen MR) is 103 cm³/mol. The summed E-state index contributed by atoms with van der Waals surface area (Å²) in [6, 6.07) is 14.2. The minimum Gasteiger partial charge on any atom is -0.497 e. The summed E-state index contributed by atoms with van der Waals surface area (Å²) in [7, 11) is 7.28. The molecule has 1 N–H and O–H groups in total. The minimum absolute atomic E-state index is 0.716. The number of anilines is 2. The number of fused-ring (bicyclic) bond motifs is 1. The molecule has 3 rings (SSSR count). The maximum absolute atomic E-state index is 5.63. The van der Waals surface area contributed by atoms with Crippen LogP contribution in [0.4, 0.5) is 11.5 Å². The third-order valence-electron chi connectivity index (χ3n) is 4.11. The molecule has 0 saturated heterocycles. The van der Waals surface area contributed by atoms with Gasteiger partial charge in [-0.25, -0.2) is 4.98 Å². The van der Waals surface area contributed by atoms with Crippen LogP contribution >= 0.6 is 0 Å². The number of benzene rings is 2. The van der Waals surface area contributed by atoms with Gasteiger partial charge in [-0.1, -0.05) is 30.3 Å². The minimum atomic E-state index is 0.716. The summed E-state index contributed by atoms with van der Waals surface area (Å²) >= 11 is 0. The van der Waals surface area contributed by atoms with Crippen molar-refractivity contribution in [1.29, 1.82) is 0 Å². The van der Waals surface area contributed by atoms with Crippen LogP contribution in [-0.2, 0) is 6.54 Å².